The number of hydrogen-bond donors (Lipinski definition) is 0. The summed E-state index contributed by atoms with van der Waals surface area (Å²) >= 11 is 0. The van der Waals surface area contributed by atoms with Crippen molar-refractivity contribution < 1.29 is 18.1 Å². The van der Waals surface area contributed by atoms with Gasteiger partial charge in [-0.15, -0.1) is 0 Å². The van der Waals surface area contributed by atoms with Crippen LogP contribution in [0.2, 0.25) is 0 Å². The fourth-order valence-electron chi connectivity index (χ4n) is 2.57. The number of rotatable bonds is 2. The van der Waals surface area contributed by atoms with E-state index in [1.165, 1.54) is 18.2 Å². The van der Waals surface area contributed by atoms with Crippen molar-refractivity contribution in [2.45, 2.75) is 12.6 Å². The van der Waals surface area contributed by atoms with E-state index in [-0.39, 0.29) is 5.69 Å². The molecule has 0 radical (unpaired) electrons. The summed E-state index contributed by atoms with van der Waals surface area (Å²) < 4.78 is 38.4. The molecule has 0 aromatic heterocycles. The fraction of sp³-hybridized carbons (Fsp3) is 0.188. The summed E-state index contributed by atoms with van der Waals surface area (Å²) in [5, 5.41) is 10.7. The normalized spacial score (nSPS) is 14.1. The van der Waals surface area contributed by atoms with E-state index in [0.717, 1.165) is 12.1 Å². The number of nitro benzene ring substituents is 1. The van der Waals surface area contributed by atoms with Crippen LogP contribution in [0, 0.1) is 10.1 Å². The Hall–Kier alpha value is -2.70. The molecule has 1 aliphatic rings. The van der Waals surface area contributed by atoms with Crippen molar-refractivity contribution in [3.05, 3.63) is 74.8 Å². The molecule has 0 fully saturated rings. The molecule has 23 heavy (non-hydrogen) atoms. The number of nitro groups is 1. The first kappa shape index (κ1) is 15.2. The average molecular weight is 320 g/mol. The van der Waals surface area contributed by atoms with Gasteiger partial charge in [-0.1, -0.05) is 6.07 Å². The van der Waals surface area contributed by atoms with Gasteiger partial charge in [-0.2, -0.15) is 13.2 Å². The lowest BCUT2D eigenvalue weighted by atomic mass is 9.91. The zero-order chi connectivity index (χ0) is 16.6. The maximum atomic E-state index is 12.8. The van der Waals surface area contributed by atoms with Crippen LogP contribution in [-0.4, -0.2) is 17.2 Å². The minimum Gasteiger partial charge on any atom is -0.284 e. The molecule has 0 atom stereocenters. The number of hydrogen-bond acceptors (Lipinski definition) is 3. The van der Waals surface area contributed by atoms with Crippen LogP contribution in [-0.2, 0) is 12.6 Å². The van der Waals surface area contributed by atoms with Gasteiger partial charge in [0.1, 0.15) is 0 Å². The third-order valence-electron chi connectivity index (χ3n) is 3.69. The molecule has 2 aromatic carbocycles. The molecule has 3 rings (SSSR count). The molecule has 0 spiro atoms. The van der Waals surface area contributed by atoms with Crippen molar-refractivity contribution in [1.82, 2.24) is 0 Å². The number of aliphatic imine (C=N–C) groups is 1. The SMILES string of the molecule is O=[N+]([O-])c1ccc(C2=NCCc3cc(C(F)(F)F)ccc32)cc1. The van der Waals surface area contributed by atoms with E-state index < -0.39 is 16.7 Å². The molecule has 7 heteroatoms. The van der Waals surface area contributed by atoms with Gasteiger partial charge in [0.2, 0.25) is 0 Å². The lowest BCUT2D eigenvalue weighted by Gasteiger charge is -2.19. The minimum absolute atomic E-state index is 0.0437. The smallest absolute Gasteiger partial charge is 0.284 e. The Kier molecular flexibility index (Phi) is 3.63. The maximum Gasteiger partial charge on any atom is 0.416 e. The van der Waals surface area contributed by atoms with E-state index in [0.29, 0.717) is 35.4 Å². The van der Waals surface area contributed by atoms with Gasteiger partial charge in [-0.25, -0.2) is 0 Å². The van der Waals surface area contributed by atoms with Gasteiger partial charge in [0.15, 0.2) is 0 Å². The molecular weight excluding hydrogens is 309 g/mol. The van der Waals surface area contributed by atoms with E-state index in [2.05, 4.69) is 4.99 Å². The molecule has 0 saturated heterocycles. The molecule has 0 aliphatic carbocycles. The zero-order valence-corrected chi connectivity index (χ0v) is 11.8. The number of benzene rings is 2. The highest BCUT2D eigenvalue weighted by atomic mass is 19.4. The predicted molar refractivity (Wildman–Crippen MR) is 78.8 cm³/mol. The van der Waals surface area contributed by atoms with Gasteiger partial charge >= 0.3 is 6.18 Å². The second-order valence-electron chi connectivity index (χ2n) is 5.15. The van der Waals surface area contributed by atoms with Crippen LogP contribution in [0.15, 0.2) is 47.5 Å². The standard InChI is InChI=1S/C16H11F3N2O2/c17-16(18,19)12-3-6-14-11(9-12)7-8-20-15(14)10-1-4-13(5-2-10)21(22)23/h1-6,9H,7-8H2. The van der Waals surface area contributed by atoms with Gasteiger partial charge in [-0.05, 0) is 36.2 Å². The van der Waals surface area contributed by atoms with Gasteiger partial charge < -0.3 is 0 Å². The predicted octanol–water partition coefficient (Wildman–Crippen LogP) is 4.01. The second kappa shape index (κ2) is 5.49. The molecule has 0 saturated carbocycles. The number of fused-ring (bicyclic) bond motifs is 1. The molecule has 1 aliphatic heterocycles. The molecule has 4 nitrogen and oxygen atoms in total. The molecule has 0 N–H and O–H groups in total. The quantitative estimate of drug-likeness (QED) is 0.620. The monoisotopic (exact) mass is 320 g/mol. The molecule has 2 aromatic rings. The van der Waals surface area contributed by atoms with Gasteiger partial charge in [0.05, 0.1) is 16.2 Å². The van der Waals surface area contributed by atoms with Crippen LogP contribution in [0.25, 0.3) is 0 Å². The highest BCUT2D eigenvalue weighted by Crippen LogP contribution is 2.32. The van der Waals surface area contributed by atoms with Gasteiger partial charge in [0, 0.05) is 29.8 Å². The fourth-order valence-corrected chi connectivity index (χ4v) is 2.57. The van der Waals surface area contributed by atoms with Crippen molar-refractivity contribution in [1.29, 1.82) is 0 Å². The summed E-state index contributed by atoms with van der Waals surface area (Å²) in [6, 6.07) is 9.43. The number of nitrogens with zero attached hydrogens (tertiary/aromatic N) is 2. The van der Waals surface area contributed by atoms with Crippen molar-refractivity contribution in [2.75, 3.05) is 6.54 Å². The number of halogens is 3. The number of alkyl halides is 3. The van der Waals surface area contributed by atoms with Crippen LogP contribution >= 0.6 is 0 Å². The third-order valence-corrected chi connectivity index (χ3v) is 3.69. The largest absolute Gasteiger partial charge is 0.416 e. The topological polar surface area (TPSA) is 55.5 Å². The molecule has 0 unspecified atom stereocenters. The number of non-ortho nitro benzene ring substituents is 1. The molecule has 1 heterocycles. The Bertz CT molecular complexity index is 796. The molecule has 0 bridgehead atoms. The lowest BCUT2D eigenvalue weighted by Crippen LogP contribution is -2.16. The molecule has 118 valence electrons. The minimum atomic E-state index is -4.38. The Labute approximate surface area is 129 Å². The van der Waals surface area contributed by atoms with Crippen molar-refractivity contribution in [3.63, 3.8) is 0 Å². The van der Waals surface area contributed by atoms with Crippen molar-refractivity contribution >= 4 is 11.4 Å². The van der Waals surface area contributed by atoms with E-state index in [4.69, 9.17) is 0 Å². The Morgan fingerprint density at radius 2 is 1.78 bits per heavy atom. The highest BCUT2D eigenvalue weighted by Gasteiger charge is 2.31. The summed E-state index contributed by atoms with van der Waals surface area (Å²) in [5.41, 5.74) is 1.71. The molecular formula is C16H11F3N2O2. The lowest BCUT2D eigenvalue weighted by molar-refractivity contribution is -0.384. The highest BCUT2D eigenvalue weighted by molar-refractivity contribution is 6.14. The van der Waals surface area contributed by atoms with Crippen LogP contribution in [0.5, 0.6) is 0 Å². The summed E-state index contributed by atoms with van der Waals surface area (Å²) in [4.78, 5) is 14.6. The van der Waals surface area contributed by atoms with E-state index in [9.17, 15) is 23.3 Å². The van der Waals surface area contributed by atoms with Crippen LogP contribution < -0.4 is 0 Å². The maximum absolute atomic E-state index is 12.8. The Morgan fingerprint density at radius 1 is 1.09 bits per heavy atom. The molecule has 0 amide bonds. The van der Waals surface area contributed by atoms with Gasteiger partial charge in [-0.3, -0.25) is 15.1 Å². The van der Waals surface area contributed by atoms with Crippen molar-refractivity contribution in [3.8, 4) is 0 Å². The van der Waals surface area contributed by atoms with Gasteiger partial charge in [0.25, 0.3) is 5.69 Å². The van der Waals surface area contributed by atoms with Crippen LogP contribution in [0.3, 0.4) is 0 Å². The van der Waals surface area contributed by atoms with E-state index in [1.807, 2.05) is 0 Å². The Balaban J connectivity index is 2.00. The van der Waals surface area contributed by atoms with Crippen LogP contribution in [0.4, 0.5) is 18.9 Å². The van der Waals surface area contributed by atoms with Crippen LogP contribution in [0.1, 0.15) is 22.3 Å². The first-order valence-electron chi connectivity index (χ1n) is 6.86. The van der Waals surface area contributed by atoms with E-state index in [1.54, 1.807) is 12.1 Å². The second-order valence-corrected chi connectivity index (χ2v) is 5.15. The summed E-state index contributed by atoms with van der Waals surface area (Å²) in [7, 11) is 0. The first-order valence-corrected chi connectivity index (χ1v) is 6.86. The Morgan fingerprint density at radius 3 is 2.39 bits per heavy atom. The first-order chi connectivity index (χ1) is 10.9. The summed E-state index contributed by atoms with van der Waals surface area (Å²) in [5.74, 6) is 0. The zero-order valence-electron chi connectivity index (χ0n) is 11.8. The van der Waals surface area contributed by atoms with E-state index >= 15 is 0 Å². The summed E-state index contributed by atoms with van der Waals surface area (Å²) in [6.45, 7) is 0.390. The third kappa shape index (κ3) is 2.94. The average Bonchev–Trinajstić information content (AvgIpc) is 2.53. The summed E-state index contributed by atoms with van der Waals surface area (Å²) in [6.07, 6.45) is -3.94. The van der Waals surface area contributed by atoms with Crippen molar-refractivity contribution in [2.24, 2.45) is 4.99 Å².